The van der Waals surface area contributed by atoms with Gasteiger partial charge in [-0.05, 0) is 54.7 Å². The summed E-state index contributed by atoms with van der Waals surface area (Å²) in [5, 5.41) is 22.1. The van der Waals surface area contributed by atoms with Crippen LogP contribution < -0.4 is 10.4 Å². The SMILES string of the molecule is CC1=CCC2C(C)(C)C(O)C(O)CC2(C)C1COc1ccc2ccc(=O)oc2c1. The molecular formula is C24H30O5. The molecule has 5 nitrogen and oxygen atoms in total. The van der Waals surface area contributed by atoms with Crippen LogP contribution in [0.5, 0.6) is 5.75 Å². The summed E-state index contributed by atoms with van der Waals surface area (Å²) in [6.45, 7) is 8.93. The second-order valence-electron chi connectivity index (χ2n) is 9.60. The molecule has 5 heteroatoms. The molecule has 0 amide bonds. The molecule has 1 aromatic carbocycles. The van der Waals surface area contributed by atoms with Crippen LogP contribution in [-0.4, -0.2) is 29.0 Å². The van der Waals surface area contributed by atoms with E-state index in [1.54, 1.807) is 12.1 Å². The van der Waals surface area contributed by atoms with Gasteiger partial charge in [-0.15, -0.1) is 0 Å². The quantitative estimate of drug-likeness (QED) is 0.605. The molecule has 1 aromatic heterocycles. The van der Waals surface area contributed by atoms with Crippen molar-refractivity contribution in [2.24, 2.45) is 22.7 Å². The molecule has 2 N–H and O–H groups in total. The van der Waals surface area contributed by atoms with Crippen LogP contribution in [0.2, 0.25) is 0 Å². The van der Waals surface area contributed by atoms with Gasteiger partial charge in [-0.25, -0.2) is 4.79 Å². The second kappa shape index (κ2) is 6.99. The summed E-state index contributed by atoms with van der Waals surface area (Å²) in [5.41, 5.74) is 0.828. The molecule has 0 spiro atoms. The average molecular weight is 398 g/mol. The number of aliphatic hydroxyl groups excluding tert-OH is 2. The molecule has 2 aliphatic carbocycles. The second-order valence-corrected chi connectivity index (χ2v) is 9.60. The van der Waals surface area contributed by atoms with E-state index in [4.69, 9.17) is 9.15 Å². The Labute approximate surface area is 171 Å². The van der Waals surface area contributed by atoms with E-state index in [0.717, 1.165) is 11.8 Å². The van der Waals surface area contributed by atoms with Gasteiger partial charge in [0.25, 0.3) is 0 Å². The van der Waals surface area contributed by atoms with Gasteiger partial charge in [0.15, 0.2) is 0 Å². The van der Waals surface area contributed by atoms with Crippen LogP contribution in [-0.2, 0) is 0 Å². The Morgan fingerprint density at radius 3 is 2.66 bits per heavy atom. The first-order chi connectivity index (χ1) is 13.6. The van der Waals surface area contributed by atoms with E-state index in [-0.39, 0.29) is 28.3 Å². The lowest BCUT2D eigenvalue weighted by atomic mass is 9.47. The predicted molar refractivity (Wildman–Crippen MR) is 112 cm³/mol. The Kier molecular flexibility index (Phi) is 4.87. The molecule has 5 unspecified atom stereocenters. The van der Waals surface area contributed by atoms with Crippen molar-refractivity contribution in [3.63, 3.8) is 0 Å². The summed E-state index contributed by atoms with van der Waals surface area (Å²) < 4.78 is 11.4. The van der Waals surface area contributed by atoms with Crippen molar-refractivity contribution >= 4 is 11.0 Å². The number of hydrogen-bond acceptors (Lipinski definition) is 5. The molecule has 29 heavy (non-hydrogen) atoms. The van der Waals surface area contributed by atoms with Crippen molar-refractivity contribution in [1.82, 2.24) is 0 Å². The maximum absolute atomic E-state index is 11.5. The van der Waals surface area contributed by atoms with Gasteiger partial charge in [-0.3, -0.25) is 0 Å². The molecule has 0 saturated heterocycles. The molecule has 1 fully saturated rings. The summed E-state index contributed by atoms with van der Waals surface area (Å²) in [6.07, 6.45) is 2.24. The van der Waals surface area contributed by atoms with Gasteiger partial charge in [-0.2, -0.15) is 0 Å². The Hall–Kier alpha value is -2.11. The molecule has 2 aliphatic rings. The van der Waals surface area contributed by atoms with E-state index in [2.05, 4.69) is 33.8 Å². The zero-order chi connectivity index (χ0) is 21.0. The molecule has 0 aliphatic heterocycles. The van der Waals surface area contributed by atoms with E-state index in [9.17, 15) is 15.0 Å². The van der Waals surface area contributed by atoms with E-state index >= 15 is 0 Å². The monoisotopic (exact) mass is 398 g/mol. The molecule has 156 valence electrons. The van der Waals surface area contributed by atoms with Gasteiger partial charge in [-0.1, -0.05) is 32.4 Å². The molecule has 1 heterocycles. The summed E-state index contributed by atoms with van der Waals surface area (Å²) in [5.74, 6) is 1.03. The maximum Gasteiger partial charge on any atom is 0.336 e. The topological polar surface area (TPSA) is 79.9 Å². The van der Waals surface area contributed by atoms with Crippen LogP contribution in [0.3, 0.4) is 0 Å². The van der Waals surface area contributed by atoms with Crippen molar-refractivity contribution in [2.45, 2.75) is 52.7 Å². The fourth-order valence-corrected chi connectivity index (χ4v) is 5.81. The van der Waals surface area contributed by atoms with E-state index < -0.39 is 12.2 Å². The fourth-order valence-electron chi connectivity index (χ4n) is 5.81. The molecule has 0 radical (unpaired) electrons. The summed E-state index contributed by atoms with van der Waals surface area (Å²) in [7, 11) is 0. The molecule has 5 atom stereocenters. The smallest absolute Gasteiger partial charge is 0.336 e. The Bertz CT molecular complexity index is 1000. The summed E-state index contributed by atoms with van der Waals surface area (Å²) in [4.78, 5) is 11.5. The van der Waals surface area contributed by atoms with Crippen molar-refractivity contribution in [3.05, 3.63) is 52.4 Å². The zero-order valence-corrected chi connectivity index (χ0v) is 17.5. The first kappa shape index (κ1) is 20.2. The average Bonchev–Trinajstić information content (AvgIpc) is 2.65. The molecule has 0 bridgehead atoms. The van der Waals surface area contributed by atoms with Crippen molar-refractivity contribution in [1.29, 1.82) is 0 Å². The number of aliphatic hydroxyl groups is 2. The summed E-state index contributed by atoms with van der Waals surface area (Å²) >= 11 is 0. The van der Waals surface area contributed by atoms with Crippen LogP contribution in [0.15, 0.2) is 51.2 Å². The van der Waals surface area contributed by atoms with Crippen LogP contribution >= 0.6 is 0 Å². The summed E-state index contributed by atoms with van der Waals surface area (Å²) in [6, 6.07) is 8.66. The third-order valence-electron chi connectivity index (χ3n) is 7.50. The normalized spacial score (nSPS) is 33.8. The third-order valence-corrected chi connectivity index (χ3v) is 7.50. The maximum atomic E-state index is 11.5. The largest absolute Gasteiger partial charge is 0.493 e. The van der Waals surface area contributed by atoms with E-state index in [1.165, 1.54) is 11.6 Å². The number of hydrogen-bond donors (Lipinski definition) is 2. The van der Waals surface area contributed by atoms with Crippen LogP contribution in [0, 0.1) is 22.7 Å². The van der Waals surface area contributed by atoms with Gasteiger partial charge in [0, 0.05) is 23.4 Å². The highest BCUT2D eigenvalue weighted by Gasteiger charge is 2.58. The lowest BCUT2D eigenvalue weighted by Crippen LogP contribution is -2.60. The van der Waals surface area contributed by atoms with Gasteiger partial charge in [0.2, 0.25) is 0 Å². The van der Waals surface area contributed by atoms with Gasteiger partial charge in [0.1, 0.15) is 11.3 Å². The van der Waals surface area contributed by atoms with Crippen LogP contribution in [0.25, 0.3) is 11.0 Å². The van der Waals surface area contributed by atoms with Crippen molar-refractivity contribution in [2.75, 3.05) is 6.61 Å². The minimum Gasteiger partial charge on any atom is -0.493 e. The Morgan fingerprint density at radius 1 is 1.17 bits per heavy atom. The van der Waals surface area contributed by atoms with Gasteiger partial charge >= 0.3 is 5.63 Å². The number of rotatable bonds is 3. The molecule has 4 rings (SSSR count). The lowest BCUT2D eigenvalue weighted by Gasteiger charge is -2.59. The predicted octanol–water partition coefficient (Wildman–Crippen LogP) is 3.91. The van der Waals surface area contributed by atoms with E-state index in [1.807, 2.05) is 12.1 Å². The first-order valence-electron chi connectivity index (χ1n) is 10.3. The Balaban J connectivity index is 1.61. The fraction of sp³-hybridized carbons (Fsp3) is 0.542. The highest BCUT2D eigenvalue weighted by Crippen LogP contribution is 2.59. The van der Waals surface area contributed by atoms with Gasteiger partial charge in [0.05, 0.1) is 18.8 Å². The minimum atomic E-state index is -0.741. The molecule has 1 saturated carbocycles. The Morgan fingerprint density at radius 2 is 1.90 bits per heavy atom. The highest BCUT2D eigenvalue weighted by molar-refractivity contribution is 5.77. The van der Waals surface area contributed by atoms with Crippen LogP contribution in [0.1, 0.15) is 40.5 Å². The van der Waals surface area contributed by atoms with Crippen molar-refractivity contribution < 1.29 is 19.4 Å². The lowest BCUT2D eigenvalue weighted by molar-refractivity contribution is -0.176. The number of benzene rings is 1. The first-order valence-corrected chi connectivity index (χ1v) is 10.3. The highest BCUT2D eigenvalue weighted by atomic mass is 16.5. The molecule has 2 aromatic rings. The van der Waals surface area contributed by atoms with E-state index in [0.29, 0.717) is 24.4 Å². The van der Waals surface area contributed by atoms with Crippen molar-refractivity contribution in [3.8, 4) is 5.75 Å². The minimum absolute atomic E-state index is 0.126. The number of fused-ring (bicyclic) bond motifs is 2. The number of ether oxygens (including phenoxy) is 1. The molecular weight excluding hydrogens is 368 g/mol. The standard InChI is InChI=1S/C24H30O5/c1-14-5-9-20-23(2,3)22(27)18(25)12-24(20,4)17(14)13-28-16-8-6-15-7-10-21(26)29-19(15)11-16/h5-8,10-11,17-18,20,22,25,27H,9,12-13H2,1-4H3. The third kappa shape index (κ3) is 3.30. The van der Waals surface area contributed by atoms with Gasteiger partial charge < -0.3 is 19.4 Å². The number of allylic oxidation sites excluding steroid dienone is 1. The zero-order valence-electron chi connectivity index (χ0n) is 17.5. The van der Waals surface area contributed by atoms with Crippen LogP contribution in [0.4, 0.5) is 0 Å².